The molecular formula is C14H11F2N3. The fraction of sp³-hybridized carbons (Fsp3) is 0.214. The third kappa shape index (κ3) is 2.91. The summed E-state index contributed by atoms with van der Waals surface area (Å²) in [4.78, 5) is 8.00. The summed E-state index contributed by atoms with van der Waals surface area (Å²) in [5.41, 5.74) is 1.83. The van der Waals surface area contributed by atoms with E-state index in [9.17, 15) is 8.78 Å². The van der Waals surface area contributed by atoms with Gasteiger partial charge in [-0.15, -0.1) is 0 Å². The van der Waals surface area contributed by atoms with Crippen molar-refractivity contribution in [1.82, 2.24) is 9.97 Å². The molecule has 1 aromatic heterocycles. The van der Waals surface area contributed by atoms with Crippen LogP contribution in [0.25, 0.3) is 11.3 Å². The van der Waals surface area contributed by atoms with Crippen molar-refractivity contribution < 1.29 is 8.78 Å². The maximum Gasteiger partial charge on any atom is 0.270 e. The van der Waals surface area contributed by atoms with Crippen molar-refractivity contribution in [1.29, 1.82) is 5.26 Å². The minimum absolute atomic E-state index is 0.0532. The van der Waals surface area contributed by atoms with Crippen LogP contribution in [-0.4, -0.2) is 9.97 Å². The number of nitriles is 1. The van der Waals surface area contributed by atoms with Crippen molar-refractivity contribution in [3.05, 3.63) is 47.4 Å². The van der Waals surface area contributed by atoms with E-state index in [2.05, 4.69) is 9.97 Å². The number of rotatable bonds is 2. The standard InChI is InChI=1S/C14H11F2N3/c1-9-7-12(19-13(8-17)18-9)10-3-5-11(6-4-10)14(2,15)16/h3-7H,1-2H3. The number of benzene rings is 1. The first-order chi connectivity index (χ1) is 8.90. The van der Waals surface area contributed by atoms with Crippen LogP contribution in [-0.2, 0) is 5.92 Å². The Bertz CT molecular complexity index is 637. The predicted molar refractivity (Wildman–Crippen MR) is 66.5 cm³/mol. The Balaban J connectivity index is 2.43. The Kier molecular flexibility index (Phi) is 3.26. The molecule has 0 saturated heterocycles. The summed E-state index contributed by atoms with van der Waals surface area (Å²) in [7, 11) is 0. The van der Waals surface area contributed by atoms with Crippen LogP contribution >= 0.6 is 0 Å². The van der Waals surface area contributed by atoms with Crippen LogP contribution in [0.2, 0.25) is 0 Å². The molecule has 96 valence electrons. The zero-order valence-electron chi connectivity index (χ0n) is 10.5. The summed E-state index contributed by atoms with van der Waals surface area (Å²) in [5.74, 6) is -2.79. The third-order valence-corrected chi connectivity index (χ3v) is 2.64. The topological polar surface area (TPSA) is 49.6 Å². The Morgan fingerprint density at radius 1 is 1.16 bits per heavy atom. The lowest BCUT2D eigenvalue weighted by molar-refractivity contribution is 0.0175. The van der Waals surface area contributed by atoms with E-state index in [0.717, 1.165) is 6.92 Å². The van der Waals surface area contributed by atoms with Gasteiger partial charge in [0.05, 0.1) is 5.69 Å². The number of aryl methyl sites for hydroxylation is 1. The minimum atomic E-state index is -2.86. The van der Waals surface area contributed by atoms with E-state index in [1.165, 1.54) is 12.1 Å². The van der Waals surface area contributed by atoms with E-state index >= 15 is 0 Å². The van der Waals surface area contributed by atoms with Crippen molar-refractivity contribution in [2.24, 2.45) is 0 Å². The van der Waals surface area contributed by atoms with Crippen molar-refractivity contribution in [2.75, 3.05) is 0 Å². The van der Waals surface area contributed by atoms with Gasteiger partial charge in [-0.1, -0.05) is 24.3 Å². The minimum Gasteiger partial charge on any atom is -0.224 e. The Morgan fingerprint density at radius 2 is 1.79 bits per heavy atom. The normalized spacial score (nSPS) is 11.1. The van der Waals surface area contributed by atoms with Gasteiger partial charge in [0.2, 0.25) is 5.82 Å². The molecule has 19 heavy (non-hydrogen) atoms. The number of hydrogen-bond acceptors (Lipinski definition) is 3. The Morgan fingerprint density at radius 3 is 2.32 bits per heavy atom. The van der Waals surface area contributed by atoms with Gasteiger partial charge in [-0.05, 0) is 13.0 Å². The molecule has 0 unspecified atom stereocenters. The average molecular weight is 259 g/mol. The van der Waals surface area contributed by atoms with Gasteiger partial charge in [0.25, 0.3) is 5.92 Å². The zero-order chi connectivity index (χ0) is 14.0. The van der Waals surface area contributed by atoms with Gasteiger partial charge in [-0.25, -0.2) is 18.7 Å². The van der Waals surface area contributed by atoms with Crippen LogP contribution in [0.15, 0.2) is 30.3 Å². The molecule has 0 atom stereocenters. The van der Waals surface area contributed by atoms with Gasteiger partial charge >= 0.3 is 0 Å². The van der Waals surface area contributed by atoms with Gasteiger partial charge in [0.15, 0.2) is 0 Å². The first-order valence-corrected chi connectivity index (χ1v) is 5.64. The number of aromatic nitrogens is 2. The molecule has 3 nitrogen and oxygen atoms in total. The zero-order valence-corrected chi connectivity index (χ0v) is 10.5. The maximum absolute atomic E-state index is 13.1. The van der Waals surface area contributed by atoms with Crippen molar-refractivity contribution in [3.63, 3.8) is 0 Å². The largest absolute Gasteiger partial charge is 0.270 e. The smallest absolute Gasteiger partial charge is 0.224 e. The quantitative estimate of drug-likeness (QED) is 0.830. The predicted octanol–water partition coefficient (Wildman–Crippen LogP) is 3.44. The summed E-state index contributed by atoms with van der Waals surface area (Å²) in [5, 5.41) is 8.81. The van der Waals surface area contributed by atoms with Crippen LogP contribution in [0.5, 0.6) is 0 Å². The molecule has 0 saturated carbocycles. The second kappa shape index (κ2) is 4.73. The number of hydrogen-bond donors (Lipinski definition) is 0. The molecule has 0 aliphatic heterocycles. The molecular weight excluding hydrogens is 248 g/mol. The molecule has 0 aliphatic rings. The van der Waals surface area contributed by atoms with Crippen molar-refractivity contribution in [3.8, 4) is 17.3 Å². The van der Waals surface area contributed by atoms with Crippen LogP contribution in [0, 0.1) is 18.3 Å². The summed E-state index contributed by atoms with van der Waals surface area (Å²) < 4.78 is 26.2. The molecule has 1 heterocycles. The lowest BCUT2D eigenvalue weighted by atomic mass is 10.1. The molecule has 0 bridgehead atoms. The highest BCUT2D eigenvalue weighted by molar-refractivity contribution is 5.60. The molecule has 2 rings (SSSR count). The lowest BCUT2D eigenvalue weighted by Crippen LogP contribution is -2.06. The number of alkyl halides is 2. The summed E-state index contributed by atoms with van der Waals surface area (Å²) in [6.45, 7) is 2.60. The first-order valence-electron chi connectivity index (χ1n) is 5.64. The van der Waals surface area contributed by atoms with E-state index in [1.54, 1.807) is 25.1 Å². The summed E-state index contributed by atoms with van der Waals surface area (Å²) in [6.07, 6.45) is 0. The van der Waals surface area contributed by atoms with E-state index in [4.69, 9.17) is 5.26 Å². The van der Waals surface area contributed by atoms with Gasteiger partial charge in [-0.3, -0.25) is 0 Å². The second-order valence-corrected chi connectivity index (χ2v) is 4.30. The highest BCUT2D eigenvalue weighted by atomic mass is 19.3. The molecule has 5 heteroatoms. The molecule has 2 aromatic rings. The van der Waals surface area contributed by atoms with E-state index in [0.29, 0.717) is 17.0 Å². The van der Waals surface area contributed by atoms with Gasteiger partial charge in [0.1, 0.15) is 6.07 Å². The second-order valence-electron chi connectivity index (χ2n) is 4.30. The Labute approximate surface area is 109 Å². The van der Waals surface area contributed by atoms with E-state index in [-0.39, 0.29) is 11.4 Å². The van der Waals surface area contributed by atoms with Gasteiger partial charge in [-0.2, -0.15) is 5.26 Å². The van der Waals surface area contributed by atoms with E-state index < -0.39 is 5.92 Å². The highest BCUT2D eigenvalue weighted by Gasteiger charge is 2.23. The SMILES string of the molecule is Cc1cc(-c2ccc(C(C)(F)F)cc2)nc(C#N)n1. The van der Waals surface area contributed by atoms with Crippen LogP contribution < -0.4 is 0 Å². The molecule has 0 amide bonds. The van der Waals surface area contributed by atoms with Crippen LogP contribution in [0.4, 0.5) is 8.78 Å². The van der Waals surface area contributed by atoms with Crippen molar-refractivity contribution in [2.45, 2.75) is 19.8 Å². The van der Waals surface area contributed by atoms with Crippen molar-refractivity contribution >= 4 is 0 Å². The molecule has 0 aliphatic carbocycles. The fourth-order valence-corrected chi connectivity index (χ4v) is 1.70. The monoisotopic (exact) mass is 259 g/mol. The van der Waals surface area contributed by atoms with Crippen LogP contribution in [0.1, 0.15) is 24.0 Å². The summed E-state index contributed by atoms with van der Waals surface area (Å²) >= 11 is 0. The highest BCUT2D eigenvalue weighted by Crippen LogP contribution is 2.28. The third-order valence-electron chi connectivity index (χ3n) is 2.64. The van der Waals surface area contributed by atoms with Gasteiger partial charge < -0.3 is 0 Å². The fourth-order valence-electron chi connectivity index (χ4n) is 1.70. The number of nitrogens with zero attached hydrogens (tertiary/aromatic N) is 3. The van der Waals surface area contributed by atoms with Crippen LogP contribution in [0.3, 0.4) is 0 Å². The summed E-state index contributed by atoms with van der Waals surface area (Å²) in [6, 6.07) is 9.43. The number of halogens is 2. The van der Waals surface area contributed by atoms with E-state index in [1.807, 2.05) is 6.07 Å². The molecule has 0 N–H and O–H groups in total. The molecule has 1 aromatic carbocycles. The van der Waals surface area contributed by atoms with Gasteiger partial charge in [0, 0.05) is 23.7 Å². The maximum atomic E-state index is 13.1. The molecule has 0 fully saturated rings. The lowest BCUT2D eigenvalue weighted by Gasteiger charge is -2.11. The Hall–Kier alpha value is -2.35. The molecule has 0 radical (unpaired) electrons. The molecule has 0 spiro atoms. The average Bonchev–Trinajstić information content (AvgIpc) is 2.37. The first kappa shape index (κ1) is 13.1.